The maximum Gasteiger partial charge on any atom is 0.251 e. The first-order chi connectivity index (χ1) is 19.7. The fraction of sp³-hybridized carbons (Fsp3) is 0.515. The third-order valence-corrected chi connectivity index (χ3v) is 7.05. The van der Waals surface area contributed by atoms with E-state index in [4.69, 9.17) is 10.5 Å². The van der Waals surface area contributed by atoms with Gasteiger partial charge < -0.3 is 20.7 Å². The number of aliphatic hydroxyl groups excluding tert-OH is 2. The number of nitrogens with two attached hydrogens (primary N) is 1. The van der Waals surface area contributed by atoms with Crippen molar-refractivity contribution in [1.29, 1.82) is 0 Å². The van der Waals surface area contributed by atoms with Crippen molar-refractivity contribution in [1.82, 2.24) is 20.7 Å². The number of carbonyl (C=O) groups excluding carboxylic acids is 1. The van der Waals surface area contributed by atoms with Gasteiger partial charge in [-0.15, -0.1) is 0 Å². The standard InChI is InChI=1S/C33H49N5O4/c1-32(2,3)29(34)30(40)37-38(21-24-15-17-25(18-16-24)26-14-10-11-19-35-26)22-28(39)27(20-23-12-8-7-9-13-23)36-31(41)42-33(4,5)6/h7-8,10-12,14-19,27-29,31,36,39,41H,9,13,20-22,34H2,1-6H3,(H,37,40). The summed E-state index contributed by atoms with van der Waals surface area (Å²) in [6, 6.07) is 12.4. The molecule has 6 N–H and O–H groups in total. The molecule has 3 rings (SSSR count). The van der Waals surface area contributed by atoms with Gasteiger partial charge in [-0.25, -0.2) is 5.01 Å². The molecule has 9 heteroatoms. The van der Waals surface area contributed by atoms with E-state index in [2.05, 4.69) is 21.8 Å². The molecular weight excluding hydrogens is 530 g/mol. The Bertz CT molecular complexity index is 1190. The number of nitrogens with one attached hydrogen (secondary N) is 2. The Morgan fingerprint density at radius 1 is 1.10 bits per heavy atom. The minimum Gasteiger partial charge on any atom is -0.390 e. The maximum atomic E-state index is 13.2. The van der Waals surface area contributed by atoms with E-state index in [9.17, 15) is 15.0 Å². The topological polar surface area (TPSA) is 133 Å². The Morgan fingerprint density at radius 3 is 2.38 bits per heavy atom. The van der Waals surface area contributed by atoms with Crippen molar-refractivity contribution >= 4 is 5.91 Å². The first kappa shape index (κ1) is 33.6. The van der Waals surface area contributed by atoms with Crippen molar-refractivity contribution in [2.45, 2.75) is 97.6 Å². The second-order valence-corrected chi connectivity index (χ2v) is 13.0. The number of nitrogens with zero attached hydrogens (tertiary/aromatic N) is 2. The summed E-state index contributed by atoms with van der Waals surface area (Å²) in [6.45, 7) is 11.7. The molecule has 1 amide bonds. The summed E-state index contributed by atoms with van der Waals surface area (Å²) in [5.41, 5.74) is 12.1. The number of rotatable bonds is 13. The molecule has 0 saturated carbocycles. The Kier molecular flexibility index (Phi) is 12.0. The van der Waals surface area contributed by atoms with Crippen molar-refractivity contribution in [3.63, 3.8) is 0 Å². The lowest BCUT2D eigenvalue weighted by atomic mass is 9.87. The van der Waals surface area contributed by atoms with Crippen LogP contribution >= 0.6 is 0 Å². The summed E-state index contributed by atoms with van der Waals surface area (Å²) in [7, 11) is 0. The number of aromatic nitrogens is 1. The van der Waals surface area contributed by atoms with E-state index < -0.39 is 35.6 Å². The molecule has 1 aromatic carbocycles. The van der Waals surface area contributed by atoms with E-state index >= 15 is 0 Å². The highest BCUT2D eigenvalue weighted by molar-refractivity contribution is 5.81. The maximum absolute atomic E-state index is 13.2. The van der Waals surface area contributed by atoms with Crippen LogP contribution < -0.4 is 16.5 Å². The van der Waals surface area contributed by atoms with Crippen molar-refractivity contribution in [3.8, 4) is 11.3 Å². The molecule has 4 unspecified atom stereocenters. The number of hydrazine groups is 1. The molecule has 0 bridgehead atoms. The molecule has 230 valence electrons. The average molecular weight is 580 g/mol. The Morgan fingerprint density at radius 2 is 1.81 bits per heavy atom. The van der Waals surface area contributed by atoms with E-state index in [1.165, 1.54) is 0 Å². The molecule has 0 spiro atoms. The van der Waals surface area contributed by atoms with Crippen LogP contribution in [0.2, 0.25) is 0 Å². The van der Waals surface area contributed by atoms with Crippen LogP contribution in [0.25, 0.3) is 11.3 Å². The van der Waals surface area contributed by atoms with Gasteiger partial charge in [0.05, 0.1) is 23.4 Å². The van der Waals surface area contributed by atoms with E-state index in [0.29, 0.717) is 13.0 Å². The molecule has 1 aromatic heterocycles. The fourth-order valence-corrected chi connectivity index (χ4v) is 4.62. The molecule has 1 aliphatic carbocycles. The number of hydrogen-bond donors (Lipinski definition) is 5. The summed E-state index contributed by atoms with van der Waals surface area (Å²) in [5.74, 6) is -0.333. The molecule has 1 aliphatic rings. The minimum atomic E-state index is -1.28. The van der Waals surface area contributed by atoms with Gasteiger partial charge >= 0.3 is 0 Å². The van der Waals surface area contributed by atoms with Crippen LogP contribution in [0.4, 0.5) is 0 Å². The zero-order chi connectivity index (χ0) is 30.9. The van der Waals surface area contributed by atoms with Crippen LogP contribution in [0.15, 0.2) is 72.5 Å². The monoisotopic (exact) mass is 579 g/mol. The van der Waals surface area contributed by atoms with Gasteiger partial charge in [0.25, 0.3) is 5.91 Å². The van der Waals surface area contributed by atoms with Gasteiger partial charge in [0, 0.05) is 30.9 Å². The van der Waals surface area contributed by atoms with Crippen LogP contribution in [0.5, 0.6) is 0 Å². The quantitative estimate of drug-likeness (QED) is 0.178. The second kappa shape index (κ2) is 15.0. The van der Waals surface area contributed by atoms with Crippen molar-refractivity contribution in [3.05, 3.63) is 78.0 Å². The SMILES string of the molecule is CC(C)(C)OC(O)NC(CC1=CC=CCC1)C(O)CN(Cc1ccc(-c2ccccn2)cc1)NC(=O)C(N)C(C)(C)C. The van der Waals surface area contributed by atoms with Crippen LogP contribution in [-0.4, -0.2) is 62.9 Å². The second-order valence-electron chi connectivity index (χ2n) is 13.0. The predicted molar refractivity (Wildman–Crippen MR) is 167 cm³/mol. The highest BCUT2D eigenvalue weighted by Crippen LogP contribution is 2.22. The zero-order valence-corrected chi connectivity index (χ0v) is 25.9. The van der Waals surface area contributed by atoms with E-state index in [1.54, 1.807) is 11.2 Å². The molecular formula is C33H49N5O4. The third-order valence-electron chi connectivity index (χ3n) is 7.05. The molecule has 0 saturated heterocycles. The van der Waals surface area contributed by atoms with Crippen LogP contribution in [0, 0.1) is 5.41 Å². The number of allylic oxidation sites excluding steroid dienone is 3. The number of ether oxygens (including phenoxy) is 1. The molecule has 9 nitrogen and oxygen atoms in total. The zero-order valence-electron chi connectivity index (χ0n) is 25.9. The minimum absolute atomic E-state index is 0.0909. The highest BCUT2D eigenvalue weighted by atomic mass is 16.6. The van der Waals surface area contributed by atoms with Gasteiger partial charge in [0.2, 0.25) is 6.41 Å². The number of aliphatic hydroxyl groups is 2. The van der Waals surface area contributed by atoms with Gasteiger partial charge in [-0.1, -0.05) is 74.9 Å². The lowest BCUT2D eigenvalue weighted by Gasteiger charge is -2.35. The van der Waals surface area contributed by atoms with Crippen LogP contribution in [0.1, 0.15) is 66.4 Å². The molecule has 0 fully saturated rings. The number of benzene rings is 1. The van der Waals surface area contributed by atoms with Gasteiger partial charge in [-0.3, -0.25) is 20.5 Å². The van der Waals surface area contributed by atoms with Crippen LogP contribution in [0.3, 0.4) is 0 Å². The van der Waals surface area contributed by atoms with E-state index in [-0.39, 0.29) is 12.5 Å². The van der Waals surface area contributed by atoms with Gasteiger partial charge in [-0.05, 0) is 63.1 Å². The highest BCUT2D eigenvalue weighted by Gasteiger charge is 2.31. The summed E-state index contributed by atoms with van der Waals surface area (Å²) in [4.78, 5) is 17.6. The average Bonchev–Trinajstić information content (AvgIpc) is 2.92. The molecule has 0 radical (unpaired) electrons. The fourth-order valence-electron chi connectivity index (χ4n) is 4.62. The lowest BCUT2D eigenvalue weighted by Crippen LogP contribution is -2.57. The summed E-state index contributed by atoms with van der Waals surface area (Å²) < 4.78 is 5.68. The first-order valence-electron chi connectivity index (χ1n) is 14.7. The molecule has 42 heavy (non-hydrogen) atoms. The molecule has 4 atom stereocenters. The Balaban J connectivity index is 1.81. The number of hydrogen-bond acceptors (Lipinski definition) is 8. The third kappa shape index (κ3) is 11.1. The van der Waals surface area contributed by atoms with E-state index in [0.717, 1.165) is 35.2 Å². The Labute approximate surface area is 250 Å². The number of pyridine rings is 1. The van der Waals surface area contributed by atoms with Crippen LogP contribution in [-0.2, 0) is 16.1 Å². The lowest BCUT2D eigenvalue weighted by molar-refractivity contribution is -0.189. The molecule has 2 aromatic rings. The van der Waals surface area contributed by atoms with Gasteiger partial charge in [0.15, 0.2) is 0 Å². The first-order valence-corrected chi connectivity index (χ1v) is 14.7. The summed E-state index contributed by atoms with van der Waals surface area (Å²) in [6.07, 6.45) is 8.00. The van der Waals surface area contributed by atoms with Crippen molar-refractivity contribution in [2.75, 3.05) is 6.54 Å². The van der Waals surface area contributed by atoms with Crippen molar-refractivity contribution < 1.29 is 19.7 Å². The number of carbonyl (C=O) groups is 1. The Hall–Kier alpha value is -2.92. The summed E-state index contributed by atoms with van der Waals surface area (Å²) >= 11 is 0. The van der Waals surface area contributed by atoms with Crippen molar-refractivity contribution in [2.24, 2.45) is 11.1 Å². The normalized spacial score (nSPS) is 17.0. The van der Waals surface area contributed by atoms with E-state index in [1.807, 2.05) is 96.2 Å². The summed E-state index contributed by atoms with van der Waals surface area (Å²) in [5, 5.41) is 26.9. The number of amides is 1. The van der Waals surface area contributed by atoms with Gasteiger partial charge in [0.1, 0.15) is 0 Å². The molecule has 0 aliphatic heterocycles. The van der Waals surface area contributed by atoms with Gasteiger partial charge in [-0.2, -0.15) is 0 Å². The predicted octanol–water partition coefficient (Wildman–Crippen LogP) is 4.03. The largest absolute Gasteiger partial charge is 0.390 e. The molecule has 1 heterocycles. The smallest absolute Gasteiger partial charge is 0.251 e.